The number of nitrogens with two attached hydrogens (primary N) is 1. The number of halogens is 1. The van der Waals surface area contributed by atoms with Gasteiger partial charge in [-0.3, -0.25) is 9.48 Å². The Morgan fingerprint density at radius 3 is 2.60 bits per heavy atom. The van der Waals surface area contributed by atoms with Crippen molar-refractivity contribution in [3.05, 3.63) is 96.5 Å². The minimum Gasteiger partial charge on any atom is -0.421 e. The maximum absolute atomic E-state index is 15.8. The molecule has 5 heterocycles. The highest BCUT2D eigenvalue weighted by atomic mass is 32.1. The number of likely N-dealkylation sites (tertiary alicyclic amines) is 1. The molecule has 12 heteroatoms. The zero-order valence-corrected chi connectivity index (χ0v) is 29.0. The summed E-state index contributed by atoms with van der Waals surface area (Å²) >= 11 is 1.56. The van der Waals surface area contributed by atoms with E-state index in [1.807, 2.05) is 49.1 Å². The van der Waals surface area contributed by atoms with Crippen molar-refractivity contribution in [2.24, 2.45) is 0 Å². The third-order valence-corrected chi connectivity index (χ3v) is 10.1. The van der Waals surface area contributed by atoms with Crippen molar-refractivity contribution in [3.63, 3.8) is 0 Å². The second-order valence-corrected chi connectivity index (χ2v) is 13.6. The van der Waals surface area contributed by atoms with Crippen LogP contribution in [-0.2, 0) is 11.3 Å². The number of rotatable bonds is 10. The first-order valence-corrected chi connectivity index (χ1v) is 17.3. The van der Waals surface area contributed by atoms with Gasteiger partial charge in [-0.1, -0.05) is 18.7 Å². The quantitative estimate of drug-likeness (QED) is 0.139. The van der Waals surface area contributed by atoms with E-state index in [2.05, 4.69) is 36.8 Å². The number of ether oxygens (including phenoxy) is 1. The number of nitrogens with zero attached hydrogens (tertiary/aromatic N) is 6. The molecule has 0 unspecified atom stereocenters. The molecule has 0 radical (unpaired) electrons. The topological polar surface area (TPSA) is 124 Å². The zero-order valence-electron chi connectivity index (χ0n) is 28.2. The van der Waals surface area contributed by atoms with Crippen LogP contribution in [0.1, 0.15) is 31.0 Å². The molecule has 1 amide bonds. The molecule has 7 rings (SSSR count). The molecule has 50 heavy (non-hydrogen) atoms. The number of anilines is 2. The molecule has 1 fully saturated rings. The Hall–Kier alpha value is -5.46. The van der Waals surface area contributed by atoms with Crippen LogP contribution in [0.2, 0.25) is 0 Å². The fraction of sp³-hybridized carbons (Fsp3) is 0.237. The number of benzene rings is 2. The number of aromatic nitrogens is 5. The van der Waals surface area contributed by atoms with Crippen molar-refractivity contribution in [1.82, 2.24) is 29.6 Å². The number of hydrogen-bond acceptors (Lipinski definition) is 9. The summed E-state index contributed by atoms with van der Waals surface area (Å²) in [7, 11) is 0. The van der Waals surface area contributed by atoms with Gasteiger partial charge < -0.3 is 20.7 Å². The van der Waals surface area contributed by atoms with Crippen LogP contribution >= 0.6 is 11.3 Å². The van der Waals surface area contributed by atoms with E-state index in [9.17, 15) is 4.79 Å². The molecular formula is C38H37FN8O2S. The van der Waals surface area contributed by atoms with Gasteiger partial charge >= 0.3 is 6.01 Å². The predicted molar refractivity (Wildman–Crippen MR) is 197 cm³/mol. The third kappa shape index (κ3) is 6.72. The van der Waals surface area contributed by atoms with E-state index >= 15 is 4.39 Å². The Morgan fingerprint density at radius 2 is 1.86 bits per heavy atom. The van der Waals surface area contributed by atoms with E-state index in [1.54, 1.807) is 48.9 Å². The van der Waals surface area contributed by atoms with Gasteiger partial charge in [0, 0.05) is 73.7 Å². The molecule has 1 saturated heterocycles. The van der Waals surface area contributed by atoms with Crippen molar-refractivity contribution < 1.29 is 13.9 Å². The van der Waals surface area contributed by atoms with E-state index in [1.165, 1.54) is 18.9 Å². The largest absolute Gasteiger partial charge is 0.421 e. The van der Waals surface area contributed by atoms with Crippen LogP contribution < -0.4 is 15.8 Å². The first kappa shape index (κ1) is 33.1. The summed E-state index contributed by atoms with van der Waals surface area (Å²) in [6.45, 7) is 13.2. The number of nitrogens with one attached hydrogen (secondary N) is 1. The van der Waals surface area contributed by atoms with E-state index in [0.717, 1.165) is 69.0 Å². The number of fused-ring (bicyclic) bond motifs is 1. The van der Waals surface area contributed by atoms with Crippen LogP contribution in [-0.4, -0.2) is 55.2 Å². The lowest BCUT2D eigenvalue weighted by Gasteiger charge is -2.13. The Bertz CT molecular complexity index is 2260. The smallest absolute Gasteiger partial charge is 0.322 e. The molecule has 1 aliphatic rings. The molecule has 3 N–H and O–H groups in total. The van der Waals surface area contributed by atoms with Gasteiger partial charge in [0.25, 0.3) is 5.91 Å². The lowest BCUT2D eigenvalue weighted by Crippen LogP contribution is -2.24. The lowest BCUT2D eigenvalue weighted by atomic mass is 9.95. The second kappa shape index (κ2) is 13.8. The predicted octanol–water partition coefficient (Wildman–Crippen LogP) is 8.02. The summed E-state index contributed by atoms with van der Waals surface area (Å²) < 4.78 is 24.4. The second-order valence-electron chi connectivity index (χ2n) is 12.6. The maximum atomic E-state index is 15.8. The third-order valence-electron chi connectivity index (χ3n) is 8.84. The molecule has 0 bridgehead atoms. The van der Waals surface area contributed by atoms with Gasteiger partial charge in [-0.05, 0) is 93.7 Å². The normalized spacial score (nSPS) is 13.2. The summed E-state index contributed by atoms with van der Waals surface area (Å²) in [5.74, 6) is -0.491. The highest BCUT2D eigenvalue weighted by molar-refractivity contribution is 7.23. The van der Waals surface area contributed by atoms with Gasteiger partial charge in [-0.2, -0.15) is 5.10 Å². The number of pyridine rings is 1. The van der Waals surface area contributed by atoms with Crippen molar-refractivity contribution in [1.29, 1.82) is 0 Å². The Morgan fingerprint density at radius 1 is 1.04 bits per heavy atom. The van der Waals surface area contributed by atoms with Gasteiger partial charge in [0.2, 0.25) is 0 Å². The molecule has 0 saturated carbocycles. The van der Waals surface area contributed by atoms with Gasteiger partial charge in [-0.15, -0.1) is 11.3 Å². The van der Waals surface area contributed by atoms with Crippen LogP contribution in [0.25, 0.3) is 42.8 Å². The molecule has 1 aliphatic heterocycles. The average molecular weight is 689 g/mol. The first-order chi connectivity index (χ1) is 24.1. The van der Waals surface area contributed by atoms with Crippen molar-refractivity contribution in [3.8, 4) is 44.5 Å². The van der Waals surface area contributed by atoms with E-state index in [0.29, 0.717) is 28.3 Å². The van der Waals surface area contributed by atoms with Gasteiger partial charge in [-0.25, -0.2) is 19.3 Å². The van der Waals surface area contributed by atoms with E-state index in [4.69, 9.17) is 10.5 Å². The maximum Gasteiger partial charge on any atom is 0.322 e. The minimum atomic E-state index is -0.575. The number of carbonyl (C=O) groups excluding carboxylic acids is 1. The monoisotopic (exact) mass is 688 g/mol. The van der Waals surface area contributed by atoms with Crippen LogP contribution in [0, 0.1) is 19.7 Å². The van der Waals surface area contributed by atoms with Gasteiger partial charge in [0.15, 0.2) is 11.6 Å². The Labute approximate surface area is 293 Å². The Kier molecular flexibility index (Phi) is 9.13. The molecule has 0 aliphatic carbocycles. The molecule has 4 aromatic heterocycles. The van der Waals surface area contributed by atoms with Crippen molar-refractivity contribution in [2.45, 2.75) is 40.2 Å². The van der Waals surface area contributed by atoms with Crippen LogP contribution in [0.15, 0.2) is 79.4 Å². The highest BCUT2D eigenvalue weighted by Gasteiger charge is 2.24. The van der Waals surface area contributed by atoms with Gasteiger partial charge in [0.05, 0.1) is 12.7 Å². The number of carbonyl (C=O) groups is 1. The van der Waals surface area contributed by atoms with Crippen LogP contribution in [0.5, 0.6) is 11.8 Å². The van der Waals surface area contributed by atoms with Crippen molar-refractivity contribution in [2.75, 3.05) is 30.7 Å². The summed E-state index contributed by atoms with van der Waals surface area (Å²) in [6.07, 6.45) is 9.75. The summed E-state index contributed by atoms with van der Waals surface area (Å²) in [4.78, 5) is 28.7. The molecule has 2 aromatic carbocycles. The number of hydrogen-bond donors (Lipinski definition) is 2. The molecular weight excluding hydrogens is 652 g/mol. The zero-order chi connectivity index (χ0) is 34.9. The first-order valence-electron chi connectivity index (χ1n) is 16.5. The SMILES string of the molecule is C=C(C)C(=O)Nc1ccc(-c2sc3c(-c4cnn(CCN5CCCC5)c4)cnc(N)c3c2-c2ccc(Oc3nccc(C)n3)c(F)c2)c(C)c1. The molecule has 6 aromatic rings. The van der Waals surface area contributed by atoms with Crippen LogP contribution in [0.3, 0.4) is 0 Å². The summed E-state index contributed by atoms with van der Waals surface area (Å²) in [5.41, 5.74) is 13.4. The summed E-state index contributed by atoms with van der Waals surface area (Å²) in [6, 6.07) is 12.3. The van der Waals surface area contributed by atoms with Gasteiger partial charge in [0.1, 0.15) is 5.82 Å². The fourth-order valence-electron chi connectivity index (χ4n) is 6.21. The van der Waals surface area contributed by atoms with Crippen LogP contribution in [0.4, 0.5) is 15.9 Å². The number of nitrogen functional groups attached to an aromatic ring is 1. The number of thiophene rings is 1. The standard InChI is InChI=1S/C38H37FN8O2S/c1-22(2)37(48)45-27-8-9-28(23(3)17-27)34-32(25-7-10-31(30(39)18-25)49-38-41-12-11-24(4)44-38)33-35(50-34)29(20-42-36(33)40)26-19-43-47(21-26)16-15-46-13-5-6-14-46/h7-12,17-21H,1,5-6,13-16H2,2-4H3,(H2,40,42)(H,45,48). The van der Waals surface area contributed by atoms with E-state index < -0.39 is 5.82 Å². The molecule has 0 spiro atoms. The lowest BCUT2D eigenvalue weighted by molar-refractivity contribution is -0.112. The minimum absolute atomic E-state index is 0.00218. The fourth-order valence-corrected chi connectivity index (χ4v) is 7.67. The molecule has 0 atom stereocenters. The Balaban J connectivity index is 1.34. The van der Waals surface area contributed by atoms with Crippen molar-refractivity contribution >= 4 is 38.8 Å². The number of amides is 1. The number of aryl methyl sites for hydroxylation is 2. The average Bonchev–Trinajstić information content (AvgIpc) is 3.86. The molecule has 254 valence electrons. The highest BCUT2D eigenvalue weighted by Crippen LogP contribution is 2.50. The van der Waals surface area contributed by atoms with E-state index in [-0.39, 0.29) is 17.7 Å². The molecule has 10 nitrogen and oxygen atoms in total. The summed E-state index contributed by atoms with van der Waals surface area (Å²) in [5, 5.41) is 8.28.